The van der Waals surface area contributed by atoms with Gasteiger partial charge in [0, 0.05) is 12.1 Å². The predicted octanol–water partition coefficient (Wildman–Crippen LogP) is 2.07. The van der Waals surface area contributed by atoms with E-state index >= 15 is 0 Å². The third kappa shape index (κ3) is 4.97. The molecule has 0 unspecified atom stereocenters. The molecule has 0 heterocycles. The highest BCUT2D eigenvalue weighted by Crippen LogP contribution is 2.26. The molecule has 0 aromatic heterocycles. The van der Waals surface area contributed by atoms with Crippen LogP contribution in [0.3, 0.4) is 0 Å². The Morgan fingerprint density at radius 2 is 1.81 bits per heavy atom. The Balaban J connectivity index is 2.21. The van der Waals surface area contributed by atoms with Crippen LogP contribution in [0.15, 0.2) is 0 Å². The summed E-state index contributed by atoms with van der Waals surface area (Å²) >= 11 is 0. The van der Waals surface area contributed by atoms with Gasteiger partial charge in [-0.3, -0.25) is 4.79 Å². The highest BCUT2D eigenvalue weighted by Gasteiger charge is 2.21. The topological polar surface area (TPSA) is 41.1 Å². The second-order valence-corrected chi connectivity index (χ2v) is 5.29. The molecule has 1 amide bonds. The van der Waals surface area contributed by atoms with Crippen molar-refractivity contribution in [1.82, 2.24) is 10.6 Å². The summed E-state index contributed by atoms with van der Waals surface area (Å²) in [5, 5.41) is 6.25. The van der Waals surface area contributed by atoms with Crippen molar-refractivity contribution in [2.24, 2.45) is 5.92 Å². The molecule has 0 bridgehead atoms. The van der Waals surface area contributed by atoms with Gasteiger partial charge in [0.25, 0.3) is 0 Å². The summed E-state index contributed by atoms with van der Waals surface area (Å²) in [5.41, 5.74) is 0. The normalized spacial score (nSPS) is 19.8. The van der Waals surface area contributed by atoms with Crippen molar-refractivity contribution in [1.29, 1.82) is 0 Å². The lowest BCUT2D eigenvalue weighted by molar-refractivity contribution is -0.121. The Labute approximate surface area is 99.4 Å². The molecule has 0 spiro atoms. The molecular weight excluding hydrogens is 200 g/mol. The van der Waals surface area contributed by atoms with Gasteiger partial charge in [-0.1, -0.05) is 33.1 Å². The van der Waals surface area contributed by atoms with E-state index < -0.39 is 0 Å². The minimum atomic E-state index is 0.131. The van der Waals surface area contributed by atoms with Gasteiger partial charge in [0.1, 0.15) is 0 Å². The van der Waals surface area contributed by atoms with Crippen molar-refractivity contribution in [3.8, 4) is 0 Å². The van der Waals surface area contributed by atoms with Gasteiger partial charge >= 0.3 is 0 Å². The molecule has 0 aliphatic heterocycles. The zero-order chi connectivity index (χ0) is 12.0. The molecule has 2 N–H and O–H groups in total. The molecule has 0 saturated heterocycles. The molecule has 1 saturated carbocycles. The van der Waals surface area contributed by atoms with E-state index in [-0.39, 0.29) is 5.91 Å². The van der Waals surface area contributed by atoms with Crippen LogP contribution in [0.1, 0.15) is 52.9 Å². The fourth-order valence-corrected chi connectivity index (χ4v) is 2.35. The molecule has 1 aliphatic carbocycles. The molecule has 1 aliphatic rings. The summed E-state index contributed by atoms with van der Waals surface area (Å²) in [6, 6.07) is 0.706. The monoisotopic (exact) mass is 226 g/mol. The lowest BCUT2D eigenvalue weighted by Gasteiger charge is -2.28. The second kappa shape index (κ2) is 6.89. The largest absolute Gasteiger partial charge is 0.352 e. The van der Waals surface area contributed by atoms with E-state index in [4.69, 9.17) is 0 Å². The Morgan fingerprint density at radius 1 is 1.19 bits per heavy atom. The molecule has 1 rings (SSSR count). The molecular formula is C13H26N2O. The number of hydrogen-bond donors (Lipinski definition) is 2. The molecule has 0 aromatic carbocycles. The fraction of sp³-hybridized carbons (Fsp3) is 0.923. The Bertz CT molecular complexity index is 210. The summed E-state index contributed by atoms with van der Waals surface area (Å²) < 4.78 is 0. The summed E-state index contributed by atoms with van der Waals surface area (Å²) in [6.45, 7) is 6.69. The van der Waals surface area contributed by atoms with E-state index in [2.05, 4.69) is 31.4 Å². The molecule has 94 valence electrons. The smallest absolute Gasteiger partial charge is 0.234 e. The van der Waals surface area contributed by atoms with Gasteiger partial charge in [-0.25, -0.2) is 0 Å². The summed E-state index contributed by atoms with van der Waals surface area (Å²) in [6.07, 6.45) is 6.58. The maximum absolute atomic E-state index is 11.6. The summed E-state index contributed by atoms with van der Waals surface area (Å²) in [4.78, 5) is 11.6. The van der Waals surface area contributed by atoms with Crippen LogP contribution in [-0.4, -0.2) is 24.5 Å². The molecule has 3 heteroatoms. The molecule has 16 heavy (non-hydrogen) atoms. The zero-order valence-corrected chi connectivity index (χ0v) is 10.9. The van der Waals surface area contributed by atoms with Crippen molar-refractivity contribution in [2.45, 2.75) is 65.0 Å². The number of amides is 1. The Morgan fingerprint density at radius 3 is 2.38 bits per heavy atom. The lowest BCUT2D eigenvalue weighted by Crippen LogP contribution is -2.44. The van der Waals surface area contributed by atoms with Crippen LogP contribution in [0.5, 0.6) is 0 Å². The van der Waals surface area contributed by atoms with Crippen LogP contribution in [0, 0.1) is 5.92 Å². The van der Waals surface area contributed by atoms with E-state index in [0.717, 1.165) is 0 Å². The minimum Gasteiger partial charge on any atom is -0.352 e. The van der Waals surface area contributed by atoms with E-state index in [0.29, 0.717) is 24.5 Å². The first-order valence-electron chi connectivity index (χ1n) is 6.62. The van der Waals surface area contributed by atoms with Gasteiger partial charge in [0.2, 0.25) is 5.91 Å². The second-order valence-electron chi connectivity index (χ2n) is 5.29. The molecule has 1 atom stereocenters. The predicted molar refractivity (Wildman–Crippen MR) is 67.3 cm³/mol. The van der Waals surface area contributed by atoms with Crippen LogP contribution in [-0.2, 0) is 4.79 Å². The third-order valence-electron chi connectivity index (χ3n) is 3.42. The van der Waals surface area contributed by atoms with E-state index in [1.165, 1.54) is 32.1 Å². The van der Waals surface area contributed by atoms with Gasteiger partial charge in [-0.2, -0.15) is 0 Å². The maximum Gasteiger partial charge on any atom is 0.234 e. The highest BCUT2D eigenvalue weighted by atomic mass is 16.1. The summed E-state index contributed by atoms with van der Waals surface area (Å²) in [7, 11) is 0. The van der Waals surface area contributed by atoms with Crippen LogP contribution >= 0.6 is 0 Å². The first-order valence-corrected chi connectivity index (χ1v) is 6.62. The molecule has 3 nitrogen and oxygen atoms in total. The van der Waals surface area contributed by atoms with Crippen LogP contribution in [0.2, 0.25) is 0 Å². The first kappa shape index (κ1) is 13.5. The quantitative estimate of drug-likeness (QED) is 0.753. The maximum atomic E-state index is 11.6. The summed E-state index contributed by atoms with van der Waals surface area (Å²) in [5.74, 6) is 0.823. The zero-order valence-electron chi connectivity index (χ0n) is 10.9. The molecule has 1 fully saturated rings. The van der Waals surface area contributed by atoms with E-state index in [1.807, 2.05) is 0 Å². The van der Waals surface area contributed by atoms with Crippen LogP contribution in [0.25, 0.3) is 0 Å². The molecule has 0 radical (unpaired) electrons. The SMILES string of the molecule is CC(C)NCC(=O)N[C@@H](C)C1CCCCC1. The van der Waals surface area contributed by atoms with E-state index in [9.17, 15) is 4.79 Å². The van der Waals surface area contributed by atoms with Crippen molar-refractivity contribution >= 4 is 5.91 Å². The number of nitrogens with one attached hydrogen (secondary N) is 2. The van der Waals surface area contributed by atoms with Gasteiger partial charge in [-0.05, 0) is 25.7 Å². The Kier molecular flexibility index (Phi) is 5.81. The number of rotatable bonds is 5. The van der Waals surface area contributed by atoms with Crippen LogP contribution in [0.4, 0.5) is 0 Å². The first-order chi connectivity index (χ1) is 7.59. The highest BCUT2D eigenvalue weighted by molar-refractivity contribution is 5.78. The fourth-order valence-electron chi connectivity index (χ4n) is 2.35. The number of hydrogen-bond acceptors (Lipinski definition) is 2. The standard InChI is InChI=1S/C13H26N2O/c1-10(2)14-9-13(16)15-11(3)12-7-5-4-6-8-12/h10-12,14H,4-9H2,1-3H3,(H,15,16)/t11-/m0/s1. The van der Waals surface area contributed by atoms with Gasteiger partial charge in [0.15, 0.2) is 0 Å². The van der Waals surface area contributed by atoms with Gasteiger partial charge in [0.05, 0.1) is 6.54 Å². The Hall–Kier alpha value is -0.570. The minimum absolute atomic E-state index is 0.131. The average Bonchev–Trinajstić information content (AvgIpc) is 2.27. The molecule has 0 aromatic rings. The number of carbonyl (C=O) groups excluding carboxylic acids is 1. The lowest BCUT2D eigenvalue weighted by atomic mass is 9.84. The van der Waals surface area contributed by atoms with E-state index in [1.54, 1.807) is 0 Å². The van der Waals surface area contributed by atoms with Crippen molar-refractivity contribution < 1.29 is 4.79 Å². The van der Waals surface area contributed by atoms with Gasteiger partial charge < -0.3 is 10.6 Å². The third-order valence-corrected chi connectivity index (χ3v) is 3.42. The van der Waals surface area contributed by atoms with Gasteiger partial charge in [-0.15, -0.1) is 0 Å². The van der Waals surface area contributed by atoms with Crippen molar-refractivity contribution in [2.75, 3.05) is 6.54 Å². The van der Waals surface area contributed by atoms with Crippen molar-refractivity contribution in [3.05, 3.63) is 0 Å². The average molecular weight is 226 g/mol. The number of carbonyl (C=O) groups is 1. The van der Waals surface area contributed by atoms with Crippen molar-refractivity contribution in [3.63, 3.8) is 0 Å². The van der Waals surface area contributed by atoms with Crippen LogP contribution < -0.4 is 10.6 Å².